The van der Waals surface area contributed by atoms with Gasteiger partial charge in [0.2, 0.25) is 0 Å². The molecule has 0 saturated heterocycles. The molecule has 0 bridgehead atoms. The Balaban J connectivity index is 2.07. The number of hydrogen-bond acceptors (Lipinski definition) is 5. The Morgan fingerprint density at radius 2 is 1.95 bits per heavy atom. The Morgan fingerprint density at radius 1 is 1.19 bits per heavy atom. The summed E-state index contributed by atoms with van der Waals surface area (Å²) < 4.78 is 0. The van der Waals surface area contributed by atoms with Crippen molar-refractivity contribution in [3.8, 4) is 17.2 Å². The molecule has 2 aromatic carbocycles. The van der Waals surface area contributed by atoms with E-state index in [1.807, 2.05) is 0 Å². The summed E-state index contributed by atoms with van der Waals surface area (Å²) in [6, 6.07) is 8.42. The first kappa shape index (κ1) is 14.7. The fraction of sp³-hybridized carbons (Fsp3) is 0. The van der Waals surface area contributed by atoms with E-state index in [4.69, 9.17) is 11.6 Å². The van der Waals surface area contributed by atoms with Crippen LogP contribution in [0.3, 0.4) is 0 Å². The highest BCUT2D eigenvalue weighted by atomic mass is 35.5. The van der Waals surface area contributed by atoms with Crippen LogP contribution in [0.4, 0.5) is 0 Å². The summed E-state index contributed by atoms with van der Waals surface area (Å²) in [6.45, 7) is 0. The molecule has 0 unspecified atom stereocenters. The van der Waals surface area contributed by atoms with Gasteiger partial charge >= 0.3 is 0 Å². The molecule has 2 aromatic rings. The lowest BCUT2D eigenvalue weighted by molar-refractivity contribution is 0.0954. The monoisotopic (exact) mass is 306 g/mol. The SMILES string of the molecule is O=C(N/N=C/c1cc(O)c(O)c(Cl)c1)c1cccc(O)c1. The number of halogens is 1. The molecule has 1 amide bonds. The molecule has 108 valence electrons. The zero-order valence-electron chi connectivity index (χ0n) is 10.6. The van der Waals surface area contributed by atoms with Crippen LogP contribution < -0.4 is 5.43 Å². The highest BCUT2D eigenvalue weighted by molar-refractivity contribution is 6.32. The number of nitrogens with one attached hydrogen (secondary N) is 1. The Kier molecular flexibility index (Phi) is 4.30. The second-order valence-corrected chi connectivity index (χ2v) is 4.53. The van der Waals surface area contributed by atoms with E-state index >= 15 is 0 Å². The van der Waals surface area contributed by atoms with Gasteiger partial charge < -0.3 is 15.3 Å². The van der Waals surface area contributed by atoms with Crippen molar-refractivity contribution in [2.75, 3.05) is 0 Å². The van der Waals surface area contributed by atoms with Gasteiger partial charge in [-0.1, -0.05) is 17.7 Å². The predicted molar refractivity (Wildman–Crippen MR) is 77.9 cm³/mol. The Hall–Kier alpha value is -2.73. The number of nitrogens with zero attached hydrogens (tertiary/aromatic N) is 1. The van der Waals surface area contributed by atoms with Crippen LogP contribution in [0, 0.1) is 0 Å². The smallest absolute Gasteiger partial charge is 0.271 e. The van der Waals surface area contributed by atoms with Gasteiger partial charge in [-0.3, -0.25) is 4.79 Å². The maximum absolute atomic E-state index is 11.7. The van der Waals surface area contributed by atoms with Crippen LogP contribution in [0.5, 0.6) is 17.2 Å². The molecule has 0 aliphatic rings. The molecular formula is C14H11ClN2O4. The molecule has 0 saturated carbocycles. The zero-order chi connectivity index (χ0) is 15.4. The van der Waals surface area contributed by atoms with E-state index in [9.17, 15) is 20.1 Å². The largest absolute Gasteiger partial charge is 0.508 e. The maximum Gasteiger partial charge on any atom is 0.271 e. The quantitative estimate of drug-likeness (QED) is 0.396. The molecule has 0 aromatic heterocycles. The minimum atomic E-state index is -0.503. The van der Waals surface area contributed by atoms with Crippen LogP contribution in [0.25, 0.3) is 0 Å². The number of carbonyl (C=O) groups is 1. The molecule has 0 heterocycles. The number of benzene rings is 2. The molecule has 2 rings (SSSR count). The lowest BCUT2D eigenvalue weighted by Crippen LogP contribution is -2.17. The van der Waals surface area contributed by atoms with Gasteiger partial charge in [0.05, 0.1) is 11.2 Å². The molecule has 6 nitrogen and oxygen atoms in total. The minimum absolute atomic E-state index is 0.0260. The number of rotatable bonds is 3. The van der Waals surface area contributed by atoms with Gasteiger partial charge in [-0.15, -0.1) is 0 Å². The molecule has 0 atom stereocenters. The third kappa shape index (κ3) is 3.64. The number of hydrazone groups is 1. The van der Waals surface area contributed by atoms with Crippen molar-refractivity contribution < 1.29 is 20.1 Å². The Labute approximate surface area is 124 Å². The number of amides is 1. The molecule has 0 spiro atoms. The highest BCUT2D eigenvalue weighted by Gasteiger charge is 2.07. The van der Waals surface area contributed by atoms with Crippen LogP contribution in [0.2, 0.25) is 5.02 Å². The highest BCUT2D eigenvalue weighted by Crippen LogP contribution is 2.33. The van der Waals surface area contributed by atoms with Crippen molar-refractivity contribution in [3.05, 3.63) is 52.5 Å². The second-order valence-electron chi connectivity index (χ2n) is 4.12. The van der Waals surface area contributed by atoms with Gasteiger partial charge in [0, 0.05) is 5.56 Å². The minimum Gasteiger partial charge on any atom is -0.508 e. The lowest BCUT2D eigenvalue weighted by atomic mass is 10.2. The third-order valence-corrected chi connectivity index (χ3v) is 2.84. The fourth-order valence-corrected chi connectivity index (χ4v) is 1.78. The molecule has 21 heavy (non-hydrogen) atoms. The van der Waals surface area contributed by atoms with E-state index in [2.05, 4.69) is 10.5 Å². The van der Waals surface area contributed by atoms with Crippen molar-refractivity contribution >= 4 is 23.7 Å². The van der Waals surface area contributed by atoms with E-state index in [1.54, 1.807) is 0 Å². The Morgan fingerprint density at radius 3 is 2.62 bits per heavy atom. The average molecular weight is 307 g/mol. The van der Waals surface area contributed by atoms with Gasteiger partial charge in [-0.25, -0.2) is 5.43 Å². The molecule has 0 aliphatic carbocycles. The lowest BCUT2D eigenvalue weighted by Gasteiger charge is -2.02. The predicted octanol–water partition coefficient (Wildman–Crippen LogP) is 2.22. The van der Waals surface area contributed by atoms with E-state index in [0.29, 0.717) is 5.56 Å². The van der Waals surface area contributed by atoms with E-state index in [-0.39, 0.29) is 22.1 Å². The summed E-state index contributed by atoms with van der Waals surface area (Å²) in [4.78, 5) is 11.7. The molecule has 0 aliphatic heterocycles. The van der Waals surface area contributed by atoms with Crippen molar-refractivity contribution in [3.63, 3.8) is 0 Å². The summed E-state index contributed by atoms with van der Waals surface area (Å²) in [5.74, 6) is -1.33. The van der Waals surface area contributed by atoms with Crippen molar-refractivity contribution in [1.29, 1.82) is 0 Å². The number of carbonyl (C=O) groups excluding carboxylic acids is 1. The molecule has 0 fully saturated rings. The van der Waals surface area contributed by atoms with Gasteiger partial charge in [-0.2, -0.15) is 5.10 Å². The topological polar surface area (TPSA) is 102 Å². The standard InChI is InChI=1S/C14H11ClN2O4/c15-11-4-8(5-12(19)13(11)20)7-16-17-14(21)9-2-1-3-10(18)6-9/h1-7,18-20H,(H,17,21)/b16-7+. The summed E-state index contributed by atoms with van der Waals surface area (Å²) in [5.41, 5.74) is 2.90. The number of phenols is 3. The van der Waals surface area contributed by atoms with Gasteiger partial charge in [-0.05, 0) is 35.9 Å². The molecular weight excluding hydrogens is 296 g/mol. The number of phenolic OH excluding ortho intramolecular Hbond substituents is 3. The normalized spacial score (nSPS) is 10.7. The average Bonchev–Trinajstić information content (AvgIpc) is 2.44. The van der Waals surface area contributed by atoms with Crippen LogP contribution in [-0.4, -0.2) is 27.4 Å². The molecule has 4 N–H and O–H groups in total. The van der Waals surface area contributed by atoms with Crippen LogP contribution >= 0.6 is 11.6 Å². The fourth-order valence-electron chi connectivity index (χ4n) is 1.56. The van der Waals surface area contributed by atoms with Crippen molar-refractivity contribution in [2.24, 2.45) is 5.10 Å². The molecule has 0 radical (unpaired) electrons. The first-order valence-corrected chi connectivity index (χ1v) is 6.19. The van der Waals surface area contributed by atoms with Crippen LogP contribution in [-0.2, 0) is 0 Å². The van der Waals surface area contributed by atoms with E-state index in [1.165, 1.54) is 42.6 Å². The first-order valence-electron chi connectivity index (χ1n) is 5.81. The number of hydrogen-bond donors (Lipinski definition) is 4. The summed E-state index contributed by atoms with van der Waals surface area (Å²) in [6.07, 6.45) is 1.26. The van der Waals surface area contributed by atoms with Gasteiger partial charge in [0.25, 0.3) is 5.91 Å². The van der Waals surface area contributed by atoms with Crippen LogP contribution in [0.1, 0.15) is 15.9 Å². The van der Waals surface area contributed by atoms with E-state index < -0.39 is 11.7 Å². The zero-order valence-corrected chi connectivity index (χ0v) is 11.4. The Bertz CT molecular complexity index is 693. The van der Waals surface area contributed by atoms with Crippen molar-refractivity contribution in [2.45, 2.75) is 0 Å². The summed E-state index contributed by atoms with van der Waals surface area (Å²) >= 11 is 5.69. The van der Waals surface area contributed by atoms with E-state index in [0.717, 1.165) is 0 Å². The second kappa shape index (κ2) is 6.15. The van der Waals surface area contributed by atoms with Crippen molar-refractivity contribution in [1.82, 2.24) is 5.43 Å². The van der Waals surface area contributed by atoms with Gasteiger partial charge in [0.15, 0.2) is 11.5 Å². The number of aromatic hydroxyl groups is 3. The first-order chi connectivity index (χ1) is 9.97. The van der Waals surface area contributed by atoms with Crippen LogP contribution in [0.15, 0.2) is 41.5 Å². The molecule has 7 heteroatoms. The summed E-state index contributed by atoms with van der Waals surface area (Å²) in [5, 5.41) is 31.6. The summed E-state index contributed by atoms with van der Waals surface area (Å²) in [7, 11) is 0. The van der Waals surface area contributed by atoms with Gasteiger partial charge in [0.1, 0.15) is 5.75 Å². The maximum atomic E-state index is 11.7. The third-order valence-electron chi connectivity index (χ3n) is 2.55.